The van der Waals surface area contributed by atoms with Crippen LogP contribution in [0.4, 0.5) is 5.95 Å². The summed E-state index contributed by atoms with van der Waals surface area (Å²) in [6.45, 7) is 1.18. The van der Waals surface area contributed by atoms with Crippen LogP contribution in [-0.4, -0.2) is 64.2 Å². The highest BCUT2D eigenvalue weighted by molar-refractivity contribution is 7.86. The number of nitro groups is 1. The minimum Gasteiger partial charge on any atom is -0.392 e. The van der Waals surface area contributed by atoms with E-state index in [1.807, 2.05) is 6.92 Å². The molecule has 0 bridgehead atoms. The summed E-state index contributed by atoms with van der Waals surface area (Å²) >= 11 is 0. The van der Waals surface area contributed by atoms with Crippen molar-refractivity contribution < 1.29 is 27.3 Å². The first-order chi connectivity index (χ1) is 13.8. The summed E-state index contributed by atoms with van der Waals surface area (Å²) in [6, 6.07) is 4.86. The number of benzene rings is 1. The Labute approximate surface area is 166 Å². The van der Waals surface area contributed by atoms with Gasteiger partial charge in [0.05, 0.1) is 11.5 Å². The number of imidazole rings is 1. The molecule has 0 spiro atoms. The molecule has 0 radical (unpaired) electrons. The van der Waals surface area contributed by atoms with Crippen LogP contribution in [0.3, 0.4) is 0 Å². The first kappa shape index (κ1) is 20.7. The fraction of sp³-hybridized carbons (Fsp3) is 0.375. The van der Waals surface area contributed by atoms with Gasteiger partial charge in [-0.15, -0.1) is 4.68 Å². The molecule has 3 rings (SSSR count). The number of nitrogens with zero attached hydrogens (tertiary/aromatic N) is 6. The van der Waals surface area contributed by atoms with Crippen molar-refractivity contribution in [3.05, 3.63) is 52.3 Å². The third kappa shape index (κ3) is 4.88. The average molecular weight is 423 g/mol. The van der Waals surface area contributed by atoms with Crippen LogP contribution in [0.2, 0.25) is 0 Å². The summed E-state index contributed by atoms with van der Waals surface area (Å²) < 4.78 is 32.3. The quantitative estimate of drug-likeness (QED) is 0.270. The van der Waals surface area contributed by atoms with Crippen molar-refractivity contribution in [1.29, 1.82) is 0 Å². The smallest absolute Gasteiger partial charge is 0.392 e. The van der Waals surface area contributed by atoms with E-state index in [-0.39, 0.29) is 24.0 Å². The number of aliphatic hydroxyl groups excluding tert-OH is 1. The average Bonchev–Trinajstić information content (AvgIpc) is 3.33. The molecule has 1 aromatic heterocycles. The molecule has 1 aliphatic heterocycles. The minimum absolute atomic E-state index is 0.0112. The maximum Gasteiger partial charge on any atom is 0.434 e. The number of aryl methyl sites for hydroxylation is 1. The first-order valence-corrected chi connectivity index (χ1v) is 9.97. The SMILES string of the molecule is Cc1ccc(S(=O)(=O)OCC(CO)[N+]2=CC(Cn3ccnc3[N+](=O)[O-])N=N2)cc1. The molecule has 13 heteroatoms. The van der Waals surface area contributed by atoms with Crippen LogP contribution in [0, 0.1) is 17.0 Å². The number of aliphatic hydroxyl groups is 1. The van der Waals surface area contributed by atoms with E-state index in [0.717, 1.165) is 5.56 Å². The molecule has 12 nitrogen and oxygen atoms in total. The third-order valence-electron chi connectivity index (χ3n) is 4.18. The molecule has 2 heterocycles. The lowest BCUT2D eigenvalue weighted by Gasteiger charge is -2.11. The van der Waals surface area contributed by atoms with E-state index in [2.05, 4.69) is 15.3 Å². The van der Waals surface area contributed by atoms with Crippen molar-refractivity contribution in [1.82, 2.24) is 9.55 Å². The van der Waals surface area contributed by atoms with E-state index in [9.17, 15) is 23.6 Å². The van der Waals surface area contributed by atoms with Crippen molar-refractivity contribution in [3.8, 4) is 0 Å². The maximum atomic E-state index is 12.3. The second kappa shape index (κ2) is 8.55. The van der Waals surface area contributed by atoms with E-state index >= 15 is 0 Å². The standard InChI is InChI=1S/C16H19N6O6S/c1-12-2-4-15(5-3-12)29(26,27)28-11-14(10-23)21-9-13(18-19-21)8-20-7-6-17-16(20)22(24)25/h2-7,9,13-14,23H,8,10-11H2,1H3/q+1. The van der Waals surface area contributed by atoms with Gasteiger partial charge in [0.15, 0.2) is 6.04 Å². The molecular formula is C16H19N6O6S+. The summed E-state index contributed by atoms with van der Waals surface area (Å²) in [5.41, 5.74) is 0.911. The van der Waals surface area contributed by atoms with Gasteiger partial charge < -0.3 is 15.2 Å². The minimum atomic E-state index is -3.99. The molecule has 0 fully saturated rings. The molecule has 154 valence electrons. The summed E-state index contributed by atoms with van der Waals surface area (Å²) in [6.07, 6.45) is 4.29. The van der Waals surface area contributed by atoms with Gasteiger partial charge in [-0.1, -0.05) is 22.7 Å². The second-order valence-corrected chi connectivity index (χ2v) is 7.94. The van der Waals surface area contributed by atoms with Crippen molar-refractivity contribution in [2.45, 2.75) is 30.4 Å². The monoisotopic (exact) mass is 423 g/mol. The Hall–Kier alpha value is -3.03. The number of aromatic nitrogens is 2. The predicted octanol–water partition coefficient (Wildman–Crippen LogP) is 0.699. The summed E-state index contributed by atoms with van der Waals surface area (Å²) in [5.74, 6) is -0.321. The van der Waals surface area contributed by atoms with E-state index in [1.54, 1.807) is 12.1 Å². The van der Waals surface area contributed by atoms with Crippen LogP contribution >= 0.6 is 0 Å². The third-order valence-corrected chi connectivity index (χ3v) is 5.47. The summed E-state index contributed by atoms with van der Waals surface area (Å²) in [4.78, 5) is 14.0. The lowest BCUT2D eigenvalue weighted by molar-refractivity contribution is -0.574. The lowest BCUT2D eigenvalue weighted by atomic mass is 10.2. The molecule has 1 N–H and O–H groups in total. The number of hydrogen-bond donors (Lipinski definition) is 1. The Morgan fingerprint density at radius 1 is 1.38 bits per heavy atom. The first-order valence-electron chi connectivity index (χ1n) is 8.56. The molecule has 1 aliphatic rings. The van der Waals surface area contributed by atoms with Crippen LogP contribution < -0.4 is 0 Å². The summed E-state index contributed by atoms with van der Waals surface area (Å²) in [7, 11) is -3.99. The molecule has 1 aromatic carbocycles. The Morgan fingerprint density at radius 2 is 2.10 bits per heavy atom. The molecule has 29 heavy (non-hydrogen) atoms. The molecule has 2 aromatic rings. The van der Waals surface area contributed by atoms with Gasteiger partial charge >= 0.3 is 5.95 Å². The fourth-order valence-corrected chi connectivity index (χ4v) is 3.55. The van der Waals surface area contributed by atoms with Crippen LogP contribution in [0.1, 0.15) is 5.56 Å². The van der Waals surface area contributed by atoms with Gasteiger partial charge in [-0.05, 0) is 24.0 Å². The Morgan fingerprint density at radius 3 is 2.76 bits per heavy atom. The molecule has 0 saturated heterocycles. The fourth-order valence-electron chi connectivity index (χ4n) is 2.61. The molecular weight excluding hydrogens is 404 g/mol. The zero-order chi connectivity index (χ0) is 21.0. The zero-order valence-corrected chi connectivity index (χ0v) is 16.2. The highest BCUT2D eigenvalue weighted by atomic mass is 32.2. The van der Waals surface area contributed by atoms with E-state index in [4.69, 9.17) is 4.18 Å². The van der Waals surface area contributed by atoms with Crippen LogP contribution in [0.5, 0.6) is 0 Å². The van der Waals surface area contributed by atoms with Crippen LogP contribution in [-0.2, 0) is 20.8 Å². The van der Waals surface area contributed by atoms with Gasteiger partial charge in [-0.3, -0.25) is 4.18 Å². The van der Waals surface area contributed by atoms with Crippen molar-refractivity contribution in [2.75, 3.05) is 13.2 Å². The Balaban J connectivity index is 1.65. The van der Waals surface area contributed by atoms with Gasteiger partial charge in [-0.25, -0.2) is 4.57 Å². The van der Waals surface area contributed by atoms with Gasteiger partial charge in [-0.2, -0.15) is 8.42 Å². The number of hydrogen-bond acceptors (Lipinski definition) is 9. The molecule has 2 atom stereocenters. The van der Waals surface area contributed by atoms with Crippen LogP contribution in [0.25, 0.3) is 0 Å². The lowest BCUT2D eigenvalue weighted by Crippen LogP contribution is -2.33. The van der Waals surface area contributed by atoms with Crippen molar-refractivity contribution >= 4 is 22.3 Å². The van der Waals surface area contributed by atoms with Gasteiger partial charge in [0.1, 0.15) is 37.0 Å². The Bertz CT molecular complexity index is 1050. The van der Waals surface area contributed by atoms with Gasteiger partial charge in [0, 0.05) is 5.11 Å². The second-order valence-electron chi connectivity index (χ2n) is 6.33. The molecule has 0 amide bonds. The van der Waals surface area contributed by atoms with Gasteiger partial charge in [0.25, 0.3) is 16.2 Å². The number of rotatable bonds is 9. The molecule has 0 aliphatic carbocycles. The summed E-state index contributed by atoms with van der Waals surface area (Å²) in [5, 5.41) is 28.4. The maximum absolute atomic E-state index is 12.3. The van der Waals surface area contributed by atoms with Crippen molar-refractivity contribution in [2.24, 2.45) is 10.3 Å². The van der Waals surface area contributed by atoms with Gasteiger partial charge in [0.2, 0.25) is 0 Å². The Kier molecular flexibility index (Phi) is 6.10. The van der Waals surface area contributed by atoms with E-state index in [1.165, 1.54) is 40.0 Å². The predicted molar refractivity (Wildman–Crippen MR) is 99.0 cm³/mol. The van der Waals surface area contributed by atoms with Crippen molar-refractivity contribution in [3.63, 3.8) is 0 Å². The largest absolute Gasteiger partial charge is 0.434 e. The molecule has 0 saturated carbocycles. The van der Waals surface area contributed by atoms with Crippen LogP contribution in [0.15, 0.2) is 51.9 Å². The van der Waals surface area contributed by atoms with E-state index in [0.29, 0.717) is 0 Å². The highest BCUT2D eigenvalue weighted by Gasteiger charge is 2.31. The topological polar surface area (TPSA) is 152 Å². The zero-order valence-electron chi connectivity index (χ0n) is 15.4. The normalized spacial score (nSPS) is 17.3. The molecule has 2 unspecified atom stereocenters. The van der Waals surface area contributed by atoms with E-state index < -0.39 is 33.7 Å². The highest BCUT2D eigenvalue weighted by Crippen LogP contribution is 2.15.